The Morgan fingerprint density at radius 3 is 2.96 bits per heavy atom. The standard InChI is InChI=1S/C16H24N4O2S/c1-16(2,3)22-15(21)19-8-4-5-12(9-19)13-6-7-18-20(13)14-10-23-11-17-14/h6-7,12H,4-5,8-11H2,1-3H3/t12-/m0/s1. The molecule has 3 rings (SSSR count). The number of thioether (sulfide) groups is 1. The van der Waals surface area contributed by atoms with Crippen LogP contribution >= 0.6 is 11.8 Å². The zero-order valence-electron chi connectivity index (χ0n) is 14.0. The monoisotopic (exact) mass is 336 g/mol. The van der Waals surface area contributed by atoms with E-state index in [1.165, 1.54) is 0 Å². The van der Waals surface area contributed by atoms with Crippen molar-refractivity contribution in [3.63, 3.8) is 0 Å². The molecule has 0 bridgehead atoms. The van der Waals surface area contributed by atoms with Crippen molar-refractivity contribution in [3.05, 3.63) is 18.0 Å². The van der Waals surface area contributed by atoms with E-state index >= 15 is 0 Å². The van der Waals surface area contributed by atoms with Gasteiger partial charge in [-0.3, -0.25) is 4.99 Å². The van der Waals surface area contributed by atoms with Gasteiger partial charge in [0.05, 0.1) is 17.3 Å². The number of piperidine rings is 1. The van der Waals surface area contributed by atoms with Gasteiger partial charge >= 0.3 is 6.09 Å². The maximum Gasteiger partial charge on any atom is 0.410 e. The molecule has 0 saturated carbocycles. The Morgan fingerprint density at radius 2 is 2.26 bits per heavy atom. The van der Waals surface area contributed by atoms with Crippen LogP contribution in [0.15, 0.2) is 17.3 Å². The van der Waals surface area contributed by atoms with Crippen molar-refractivity contribution in [2.75, 3.05) is 24.7 Å². The van der Waals surface area contributed by atoms with Crippen LogP contribution < -0.4 is 0 Å². The number of likely N-dealkylation sites (tertiary alicyclic amines) is 1. The van der Waals surface area contributed by atoms with E-state index in [0.717, 1.165) is 42.5 Å². The molecule has 23 heavy (non-hydrogen) atoms. The van der Waals surface area contributed by atoms with Crippen molar-refractivity contribution >= 4 is 23.7 Å². The normalized spacial score (nSPS) is 22.1. The van der Waals surface area contributed by atoms with Crippen LogP contribution in [0.5, 0.6) is 0 Å². The van der Waals surface area contributed by atoms with Crippen LogP contribution in [0.2, 0.25) is 0 Å². The Morgan fingerprint density at radius 1 is 1.43 bits per heavy atom. The van der Waals surface area contributed by atoms with Crippen LogP contribution in [0.3, 0.4) is 0 Å². The van der Waals surface area contributed by atoms with E-state index < -0.39 is 5.60 Å². The molecule has 6 nitrogen and oxygen atoms in total. The van der Waals surface area contributed by atoms with E-state index in [-0.39, 0.29) is 12.0 Å². The third-order valence-corrected chi connectivity index (χ3v) is 4.75. The van der Waals surface area contributed by atoms with Crippen molar-refractivity contribution in [2.24, 2.45) is 4.99 Å². The predicted molar refractivity (Wildman–Crippen MR) is 92.2 cm³/mol. The molecule has 3 heterocycles. The average molecular weight is 336 g/mol. The number of aromatic nitrogens is 2. The van der Waals surface area contributed by atoms with Crippen molar-refractivity contribution in [3.8, 4) is 0 Å². The fourth-order valence-electron chi connectivity index (χ4n) is 2.98. The summed E-state index contributed by atoms with van der Waals surface area (Å²) >= 11 is 1.80. The third-order valence-electron chi connectivity index (χ3n) is 3.98. The first-order chi connectivity index (χ1) is 10.9. The van der Waals surface area contributed by atoms with E-state index in [1.54, 1.807) is 11.8 Å². The van der Waals surface area contributed by atoms with Gasteiger partial charge in [-0.25, -0.2) is 9.48 Å². The summed E-state index contributed by atoms with van der Waals surface area (Å²) < 4.78 is 7.47. The second-order valence-corrected chi connectivity index (χ2v) is 7.94. The quantitative estimate of drug-likeness (QED) is 0.791. The lowest BCUT2D eigenvalue weighted by Crippen LogP contribution is -2.42. The fourth-order valence-corrected chi connectivity index (χ4v) is 3.71. The summed E-state index contributed by atoms with van der Waals surface area (Å²) in [5, 5.41) is 4.44. The molecular formula is C16H24N4O2S. The zero-order chi connectivity index (χ0) is 16.4. The molecular weight excluding hydrogens is 312 g/mol. The molecule has 1 saturated heterocycles. The van der Waals surface area contributed by atoms with Gasteiger partial charge in [0.25, 0.3) is 0 Å². The number of rotatable bonds is 1. The van der Waals surface area contributed by atoms with Gasteiger partial charge in [-0.15, -0.1) is 11.8 Å². The van der Waals surface area contributed by atoms with Gasteiger partial charge in [0, 0.05) is 25.2 Å². The molecule has 2 aliphatic rings. The molecule has 1 atom stereocenters. The minimum atomic E-state index is -0.457. The van der Waals surface area contributed by atoms with Gasteiger partial charge in [-0.05, 0) is 39.7 Å². The van der Waals surface area contributed by atoms with Crippen molar-refractivity contribution < 1.29 is 9.53 Å². The van der Waals surface area contributed by atoms with E-state index in [9.17, 15) is 4.79 Å². The highest BCUT2D eigenvalue weighted by Crippen LogP contribution is 2.28. The minimum absolute atomic E-state index is 0.220. The third kappa shape index (κ3) is 3.88. The Kier molecular flexibility index (Phi) is 4.66. The lowest BCUT2D eigenvalue weighted by atomic mass is 9.95. The highest BCUT2D eigenvalue weighted by Gasteiger charge is 2.30. The SMILES string of the molecule is CC(C)(C)OC(=O)N1CCC[C@H](c2ccnn2C2=NCSC2)C1. The number of ether oxygens (including phenoxy) is 1. The van der Waals surface area contributed by atoms with Gasteiger partial charge in [0.15, 0.2) is 0 Å². The molecule has 2 aliphatic heterocycles. The number of hydrogen-bond acceptors (Lipinski definition) is 5. The molecule has 1 fully saturated rings. The van der Waals surface area contributed by atoms with Crippen molar-refractivity contribution in [1.82, 2.24) is 14.7 Å². The van der Waals surface area contributed by atoms with E-state index in [0.29, 0.717) is 6.54 Å². The highest BCUT2D eigenvalue weighted by atomic mass is 32.2. The molecule has 1 aromatic heterocycles. The summed E-state index contributed by atoms with van der Waals surface area (Å²) in [6.45, 7) is 7.14. The van der Waals surface area contributed by atoms with Crippen LogP contribution in [-0.2, 0) is 4.74 Å². The molecule has 0 N–H and O–H groups in total. The summed E-state index contributed by atoms with van der Waals surface area (Å²) in [6.07, 6.45) is 3.65. The summed E-state index contributed by atoms with van der Waals surface area (Å²) in [4.78, 5) is 18.7. The highest BCUT2D eigenvalue weighted by molar-refractivity contribution is 8.00. The van der Waals surface area contributed by atoms with Crippen LogP contribution in [0, 0.1) is 0 Å². The smallest absolute Gasteiger partial charge is 0.410 e. The first-order valence-corrected chi connectivity index (χ1v) is 9.23. The maximum absolute atomic E-state index is 12.3. The number of nitrogens with zero attached hydrogens (tertiary/aromatic N) is 4. The Bertz CT molecular complexity index is 605. The summed E-state index contributed by atoms with van der Waals surface area (Å²) in [6, 6.07) is 2.05. The number of amides is 1. The van der Waals surface area contributed by atoms with Gasteiger partial charge in [0.2, 0.25) is 0 Å². The molecule has 1 amide bonds. The minimum Gasteiger partial charge on any atom is -0.444 e. The first kappa shape index (κ1) is 16.4. The van der Waals surface area contributed by atoms with Gasteiger partial charge < -0.3 is 9.64 Å². The van der Waals surface area contributed by atoms with Crippen LogP contribution in [0.1, 0.15) is 45.2 Å². The Hall–Kier alpha value is -1.50. The second-order valence-electron chi connectivity index (χ2n) is 6.99. The molecule has 0 spiro atoms. The van der Waals surface area contributed by atoms with E-state index in [2.05, 4.69) is 16.2 Å². The lowest BCUT2D eigenvalue weighted by molar-refractivity contribution is 0.0196. The Balaban J connectivity index is 1.72. The topological polar surface area (TPSA) is 59.7 Å². The number of carbonyl (C=O) groups is 1. The largest absolute Gasteiger partial charge is 0.444 e. The van der Waals surface area contributed by atoms with Gasteiger partial charge in [-0.2, -0.15) is 5.10 Å². The summed E-state index contributed by atoms with van der Waals surface area (Å²) in [5.41, 5.74) is 0.696. The molecule has 0 aliphatic carbocycles. The van der Waals surface area contributed by atoms with E-state index in [4.69, 9.17) is 4.74 Å². The van der Waals surface area contributed by atoms with Gasteiger partial charge in [0.1, 0.15) is 11.4 Å². The van der Waals surface area contributed by atoms with Gasteiger partial charge in [-0.1, -0.05) is 0 Å². The lowest BCUT2D eigenvalue weighted by Gasteiger charge is -2.34. The molecule has 0 unspecified atom stereocenters. The average Bonchev–Trinajstić information content (AvgIpc) is 3.16. The molecule has 7 heteroatoms. The molecule has 0 aromatic carbocycles. The van der Waals surface area contributed by atoms with Crippen molar-refractivity contribution in [1.29, 1.82) is 0 Å². The second kappa shape index (κ2) is 6.55. The predicted octanol–water partition coefficient (Wildman–Crippen LogP) is 2.95. The summed E-state index contributed by atoms with van der Waals surface area (Å²) in [7, 11) is 0. The van der Waals surface area contributed by atoms with Crippen molar-refractivity contribution in [2.45, 2.75) is 45.1 Å². The zero-order valence-corrected chi connectivity index (χ0v) is 14.8. The molecule has 1 aromatic rings. The molecule has 0 radical (unpaired) electrons. The maximum atomic E-state index is 12.3. The first-order valence-electron chi connectivity index (χ1n) is 8.07. The fraction of sp³-hybridized carbons (Fsp3) is 0.688. The number of carbonyl (C=O) groups excluding carboxylic acids is 1. The van der Waals surface area contributed by atoms with Crippen LogP contribution in [0.25, 0.3) is 0 Å². The number of aliphatic imine (C=N–C) groups is 1. The summed E-state index contributed by atoms with van der Waals surface area (Å²) in [5.74, 6) is 3.01. The number of hydrogen-bond donors (Lipinski definition) is 0. The Labute approximate surface area is 141 Å². The van der Waals surface area contributed by atoms with Crippen LogP contribution in [0.4, 0.5) is 4.79 Å². The molecule has 126 valence electrons. The van der Waals surface area contributed by atoms with E-state index in [1.807, 2.05) is 36.5 Å². The van der Waals surface area contributed by atoms with Crippen LogP contribution in [-0.4, -0.2) is 56.9 Å².